The molecule has 2 rings (SSSR count). The number of aryl methyl sites for hydroxylation is 2. The highest BCUT2D eigenvalue weighted by atomic mass is 32.1. The van der Waals surface area contributed by atoms with Crippen LogP contribution in [0.25, 0.3) is 0 Å². The predicted octanol–water partition coefficient (Wildman–Crippen LogP) is 2.63. The molecular weight excluding hydrogens is 220 g/mol. The van der Waals surface area contributed by atoms with Gasteiger partial charge in [0.15, 0.2) is 0 Å². The number of hydrogen-bond donors (Lipinski definition) is 0. The van der Waals surface area contributed by atoms with Crippen LogP contribution in [0.1, 0.15) is 40.1 Å². The lowest BCUT2D eigenvalue weighted by molar-refractivity contribution is 0.0677. The Morgan fingerprint density at radius 2 is 2.25 bits per heavy atom. The lowest BCUT2D eigenvalue weighted by Crippen LogP contribution is -2.39. The molecule has 1 aliphatic heterocycles. The molecule has 0 N–H and O–H groups in total. The van der Waals surface area contributed by atoms with E-state index >= 15 is 0 Å². The first kappa shape index (κ1) is 11.6. The van der Waals surface area contributed by atoms with Gasteiger partial charge in [-0.25, -0.2) is 4.98 Å². The van der Waals surface area contributed by atoms with Crippen LogP contribution < -0.4 is 0 Å². The summed E-state index contributed by atoms with van der Waals surface area (Å²) in [5, 5.41) is 0.978. The summed E-state index contributed by atoms with van der Waals surface area (Å²) in [6.45, 7) is 7.91. The number of carbonyl (C=O) groups is 1. The largest absolute Gasteiger partial charge is 0.337 e. The Labute approximate surface area is 100 Å². The van der Waals surface area contributed by atoms with Crippen LogP contribution in [0, 0.1) is 19.8 Å². The van der Waals surface area contributed by atoms with Gasteiger partial charge in [-0.1, -0.05) is 6.92 Å². The Bertz CT molecular complexity index is 400. The molecule has 1 amide bonds. The lowest BCUT2D eigenvalue weighted by atomic mass is 10.00. The van der Waals surface area contributed by atoms with E-state index in [1.165, 1.54) is 6.42 Å². The SMILES string of the molecule is Cc1nc(C(=O)N2CCCC(C)C2)c(C)s1. The summed E-state index contributed by atoms with van der Waals surface area (Å²) in [6, 6.07) is 0. The summed E-state index contributed by atoms with van der Waals surface area (Å²) in [5.41, 5.74) is 0.664. The van der Waals surface area contributed by atoms with E-state index in [0.717, 1.165) is 29.4 Å². The first-order valence-electron chi connectivity index (χ1n) is 5.81. The molecule has 1 aromatic heterocycles. The molecule has 88 valence electrons. The van der Waals surface area contributed by atoms with E-state index in [2.05, 4.69) is 11.9 Å². The van der Waals surface area contributed by atoms with Crippen molar-refractivity contribution in [2.24, 2.45) is 5.92 Å². The number of rotatable bonds is 1. The average Bonchev–Trinajstić information content (AvgIpc) is 2.57. The van der Waals surface area contributed by atoms with E-state index in [1.54, 1.807) is 11.3 Å². The van der Waals surface area contributed by atoms with Gasteiger partial charge in [0.25, 0.3) is 5.91 Å². The first-order valence-corrected chi connectivity index (χ1v) is 6.63. The fourth-order valence-corrected chi connectivity index (χ4v) is 3.06. The summed E-state index contributed by atoms with van der Waals surface area (Å²) >= 11 is 1.60. The number of thiazole rings is 1. The van der Waals surface area contributed by atoms with Gasteiger partial charge in [0.05, 0.1) is 5.01 Å². The van der Waals surface area contributed by atoms with Gasteiger partial charge in [-0.15, -0.1) is 11.3 Å². The number of aromatic nitrogens is 1. The van der Waals surface area contributed by atoms with E-state index in [0.29, 0.717) is 11.6 Å². The summed E-state index contributed by atoms with van der Waals surface area (Å²) in [4.78, 5) is 19.6. The van der Waals surface area contributed by atoms with Gasteiger partial charge >= 0.3 is 0 Å². The standard InChI is InChI=1S/C12H18N2OS/c1-8-5-4-6-14(7-8)12(15)11-9(2)16-10(3)13-11/h8H,4-7H2,1-3H3. The van der Waals surface area contributed by atoms with Crippen molar-refractivity contribution in [3.63, 3.8) is 0 Å². The average molecular weight is 238 g/mol. The van der Waals surface area contributed by atoms with Gasteiger partial charge in [0, 0.05) is 18.0 Å². The van der Waals surface area contributed by atoms with Crippen molar-refractivity contribution in [1.82, 2.24) is 9.88 Å². The molecule has 0 aliphatic carbocycles. The normalized spacial score (nSPS) is 21.2. The monoisotopic (exact) mass is 238 g/mol. The second kappa shape index (κ2) is 4.53. The van der Waals surface area contributed by atoms with Gasteiger partial charge in [-0.3, -0.25) is 4.79 Å². The summed E-state index contributed by atoms with van der Waals surface area (Å²) in [6.07, 6.45) is 2.36. The zero-order valence-electron chi connectivity index (χ0n) is 10.1. The van der Waals surface area contributed by atoms with Crippen LogP contribution in [0.3, 0.4) is 0 Å². The summed E-state index contributed by atoms with van der Waals surface area (Å²) < 4.78 is 0. The molecule has 3 nitrogen and oxygen atoms in total. The zero-order valence-corrected chi connectivity index (χ0v) is 10.9. The Balaban J connectivity index is 2.15. The van der Waals surface area contributed by atoms with Crippen LogP contribution >= 0.6 is 11.3 Å². The molecule has 0 spiro atoms. The molecule has 0 saturated carbocycles. The zero-order chi connectivity index (χ0) is 11.7. The lowest BCUT2D eigenvalue weighted by Gasteiger charge is -2.30. The molecule has 16 heavy (non-hydrogen) atoms. The van der Waals surface area contributed by atoms with E-state index in [1.807, 2.05) is 18.7 Å². The van der Waals surface area contributed by atoms with Gasteiger partial charge in [-0.2, -0.15) is 0 Å². The first-order chi connectivity index (χ1) is 7.58. The summed E-state index contributed by atoms with van der Waals surface area (Å²) in [7, 11) is 0. The minimum absolute atomic E-state index is 0.119. The Hall–Kier alpha value is -0.900. The molecule has 1 aliphatic rings. The molecule has 1 fully saturated rings. The second-order valence-corrected chi connectivity index (χ2v) is 6.04. The molecular formula is C12H18N2OS. The quantitative estimate of drug-likeness (QED) is 0.753. The number of carbonyl (C=O) groups excluding carboxylic acids is 1. The van der Waals surface area contributed by atoms with Crippen molar-refractivity contribution in [2.45, 2.75) is 33.6 Å². The Kier molecular flexibility index (Phi) is 3.28. The number of hydrogen-bond acceptors (Lipinski definition) is 3. The highest BCUT2D eigenvalue weighted by Crippen LogP contribution is 2.21. The third kappa shape index (κ3) is 2.26. The highest BCUT2D eigenvalue weighted by Gasteiger charge is 2.24. The minimum atomic E-state index is 0.119. The maximum atomic E-state index is 12.2. The van der Waals surface area contributed by atoms with Crippen LogP contribution in [-0.4, -0.2) is 28.9 Å². The predicted molar refractivity (Wildman–Crippen MR) is 65.9 cm³/mol. The molecule has 0 radical (unpaired) electrons. The molecule has 1 atom stereocenters. The number of amides is 1. The van der Waals surface area contributed by atoms with Gasteiger partial charge in [0.2, 0.25) is 0 Å². The molecule has 1 aromatic rings. The molecule has 1 unspecified atom stereocenters. The summed E-state index contributed by atoms with van der Waals surface area (Å²) in [5.74, 6) is 0.742. The fraction of sp³-hybridized carbons (Fsp3) is 0.667. The smallest absolute Gasteiger partial charge is 0.273 e. The number of nitrogens with zero attached hydrogens (tertiary/aromatic N) is 2. The third-order valence-corrected chi connectivity index (χ3v) is 3.94. The van der Waals surface area contributed by atoms with Gasteiger partial charge in [0.1, 0.15) is 5.69 Å². The Morgan fingerprint density at radius 3 is 2.81 bits per heavy atom. The Morgan fingerprint density at radius 1 is 1.50 bits per heavy atom. The van der Waals surface area contributed by atoms with Crippen molar-refractivity contribution >= 4 is 17.2 Å². The van der Waals surface area contributed by atoms with Crippen LogP contribution in [0.4, 0.5) is 0 Å². The third-order valence-electron chi connectivity index (χ3n) is 3.05. The van der Waals surface area contributed by atoms with E-state index in [4.69, 9.17) is 0 Å². The maximum absolute atomic E-state index is 12.2. The van der Waals surface area contributed by atoms with Crippen molar-refractivity contribution in [3.05, 3.63) is 15.6 Å². The number of likely N-dealkylation sites (tertiary alicyclic amines) is 1. The van der Waals surface area contributed by atoms with E-state index in [9.17, 15) is 4.79 Å². The molecule has 2 heterocycles. The number of piperidine rings is 1. The second-order valence-electron chi connectivity index (χ2n) is 4.64. The van der Waals surface area contributed by atoms with E-state index < -0.39 is 0 Å². The highest BCUT2D eigenvalue weighted by molar-refractivity contribution is 7.11. The van der Waals surface area contributed by atoms with Crippen molar-refractivity contribution in [1.29, 1.82) is 0 Å². The molecule has 0 bridgehead atoms. The molecule has 4 heteroatoms. The van der Waals surface area contributed by atoms with Gasteiger partial charge < -0.3 is 4.90 Å². The van der Waals surface area contributed by atoms with Gasteiger partial charge in [-0.05, 0) is 32.6 Å². The maximum Gasteiger partial charge on any atom is 0.273 e. The van der Waals surface area contributed by atoms with Crippen molar-refractivity contribution in [2.75, 3.05) is 13.1 Å². The van der Waals surface area contributed by atoms with Crippen LogP contribution in [0.5, 0.6) is 0 Å². The van der Waals surface area contributed by atoms with Crippen LogP contribution in [0.2, 0.25) is 0 Å². The minimum Gasteiger partial charge on any atom is -0.337 e. The molecule has 0 aromatic carbocycles. The molecule has 1 saturated heterocycles. The van der Waals surface area contributed by atoms with Crippen molar-refractivity contribution in [3.8, 4) is 0 Å². The van der Waals surface area contributed by atoms with Crippen molar-refractivity contribution < 1.29 is 4.79 Å². The fourth-order valence-electron chi connectivity index (χ4n) is 2.25. The topological polar surface area (TPSA) is 33.2 Å². The van der Waals surface area contributed by atoms with Crippen LogP contribution in [-0.2, 0) is 0 Å². The van der Waals surface area contributed by atoms with E-state index in [-0.39, 0.29) is 5.91 Å². The van der Waals surface area contributed by atoms with Crippen LogP contribution in [0.15, 0.2) is 0 Å².